The van der Waals surface area contributed by atoms with Crippen molar-refractivity contribution in [2.45, 2.75) is 6.42 Å². The first-order valence-electron chi connectivity index (χ1n) is 4.63. The third-order valence-corrected chi connectivity index (χ3v) is 1.89. The quantitative estimate of drug-likeness (QED) is 0.707. The number of aromatic hydroxyl groups is 1. The second-order valence-corrected chi connectivity index (χ2v) is 2.97. The maximum atomic E-state index is 11.5. The predicted molar refractivity (Wildman–Crippen MR) is 54.9 cm³/mol. The Labute approximate surface area is 92.3 Å². The van der Waals surface area contributed by atoms with Crippen LogP contribution in [0.15, 0.2) is 18.5 Å². The zero-order valence-corrected chi connectivity index (χ0v) is 8.77. The van der Waals surface area contributed by atoms with Crippen molar-refractivity contribution in [2.24, 2.45) is 0 Å². The molecular weight excluding hydrogens is 212 g/mol. The average molecular weight is 224 g/mol. The summed E-state index contributed by atoms with van der Waals surface area (Å²) in [5, 5.41) is 11.8. The lowest BCUT2D eigenvalue weighted by Crippen LogP contribution is -2.26. The third kappa shape index (κ3) is 3.23. The molecule has 0 saturated carbocycles. The molecule has 0 radical (unpaired) electrons. The molecule has 1 aromatic heterocycles. The normalized spacial score (nSPS) is 9.56. The molecule has 1 amide bonds. The van der Waals surface area contributed by atoms with Gasteiger partial charge in [0.25, 0.3) is 5.91 Å². The Kier molecular flexibility index (Phi) is 4.26. The van der Waals surface area contributed by atoms with E-state index in [1.54, 1.807) is 0 Å². The van der Waals surface area contributed by atoms with Crippen LogP contribution in [-0.2, 0) is 9.53 Å². The predicted octanol–water partition coefficient (Wildman–Crippen LogP) is 0.0801. The molecule has 0 saturated heterocycles. The van der Waals surface area contributed by atoms with Gasteiger partial charge in [-0.05, 0) is 6.07 Å². The summed E-state index contributed by atoms with van der Waals surface area (Å²) < 4.78 is 4.41. The number of ether oxygens (including phenoxy) is 1. The van der Waals surface area contributed by atoms with Crippen LogP contribution in [0.3, 0.4) is 0 Å². The van der Waals surface area contributed by atoms with E-state index in [1.807, 2.05) is 0 Å². The van der Waals surface area contributed by atoms with E-state index in [9.17, 15) is 14.7 Å². The minimum absolute atomic E-state index is 0.0914. The summed E-state index contributed by atoms with van der Waals surface area (Å²) >= 11 is 0. The first-order chi connectivity index (χ1) is 7.65. The number of carbonyl (C=O) groups is 2. The monoisotopic (exact) mass is 224 g/mol. The molecule has 6 nitrogen and oxygen atoms in total. The number of esters is 1. The van der Waals surface area contributed by atoms with Crippen LogP contribution in [0, 0.1) is 0 Å². The van der Waals surface area contributed by atoms with Crippen LogP contribution in [-0.4, -0.2) is 35.6 Å². The number of hydrogen-bond donors (Lipinski definition) is 2. The fourth-order valence-corrected chi connectivity index (χ4v) is 1.05. The molecule has 0 aromatic carbocycles. The molecule has 2 N–H and O–H groups in total. The maximum Gasteiger partial charge on any atom is 0.307 e. The van der Waals surface area contributed by atoms with Crippen molar-refractivity contribution in [1.82, 2.24) is 10.3 Å². The van der Waals surface area contributed by atoms with Crippen molar-refractivity contribution in [2.75, 3.05) is 13.7 Å². The number of amides is 1. The molecule has 1 aromatic rings. The van der Waals surface area contributed by atoms with Gasteiger partial charge in [0.2, 0.25) is 0 Å². The van der Waals surface area contributed by atoms with Crippen molar-refractivity contribution >= 4 is 11.9 Å². The zero-order valence-electron chi connectivity index (χ0n) is 8.77. The first kappa shape index (κ1) is 12.0. The Morgan fingerprint density at radius 2 is 2.31 bits per heavy atom. The number of aromatic nitrogens is 1. The van der Waals surface area contributed by atoms with E-state index in [0.717, 1.165) is 0 Å². The summed E-state index contributed by atoms with van der Waals surface area (Å²) in [6, 6.07) is 1.39. The fourth-order valence-electron chi connectivity index (χ4n) is 1.05. The van der Waals surface area contributed by atoms with E-state index in [4.69, 9.17) is 0 Å². The summed E-state index contributed by atoms with van der Waals surface area (Å²) in [6.07, 6.45) is 2.66. The van der Waals surface area contributed by atoms with Gasteiger partial charge in [-0.3, -0.25) is 14.6 Å². The highest BCUT2D eigenvalue weighted by atomic mass is 16.5. The highest BCUT2D eigenvalue weighted by Crippen LogP contribution is 2.12. The van der Waals surface area contributed by atoms with Crippen molar-refractivity contribution in [1.29, 1.82) is 0 Å². The van der Waals surface area contributed by atoms with E-state index < -0.39 is 11.9 Å². The van der Waals surface area contributed by atoms with E-state index in [0.29, 0.717) is 0 Å². The van der Waals surface area contributed by atoms with Gasteiger partial charge in [-0.25, -0.2) is 0 Å². The SMILES string of the molecule is COC(=O)CCNC(=O)c1ccncc1O. The van der Waals surface area contributed by atoms with Gasteiger partial charge in [-0.2, -0.15) is 0 Å². The standard InChI is InChI=1S/C10H12N2O4/c1-16-9(14)3-5-12-10(15)7-2-4-11-6-8(7)13/h2,4,6,13H,3,5H2,1H3,(H,12,15). The van der Waals surface area contributed by atoms with Gasteiger partial charge in [0.15, 0.2) is 0 Å². The van der Waals surface area contributed by atoms with Crippen LogP contribution >= 0.6 is 0 Å². The van der Waals surface area contributed by atoms with Gasteiger partial charge in [0.1, 0.15) is 5.75 Å². The van der Waals surface area contributed by atoms with Crippen LogP contribution in [0.25, 0.3) is 0 Å². The smallest absolute Gasteiger partial charge is 0.307 e. The van der Waals surface area contributed by atoms with Crippen LogP contribution < -0.4 is 5.32 Å². The van der Waals surface area contributed by atoms with Gasteiger partial charge < -0.3 is 15.2 Å². The molecule has 0 bridgehead atoms. The summed E-state index contributed by atoms with van der Waals surface area (Å²) in [4.78, 5) is 25.9. The number of methoxy groups -OCH3 is 1. The van der Waals surface area contributed by atoms with Gasteiger partial charge in [-0.1, -0.05) is 0 Å². The number of rotatable bonds is 4. The van der Waals surface area contributed by atoms with Crippen LogP contribution in [0.5, 0.6) is 5.75 Å². The number of pyridine rings is 1. The van der Waals surface area contributed by atoms with Crippen molar-refractivity contribution in [3.63, 3.8) is 0 Å². The van der Waals surface area contributed by atoms with E-state index in [-0.39, 0.29) is 24.3 Å². The van der Waals surface area contributed by atoms with Crippen LogP contribution in [0.1, 0.15) is 16.8 Å². The molecule has 6 heteroatoms. The number of nitrogens with zero attached hydrogens (tertiary/aromatic N) is 1. The Bertz CT molecular complexity index is 392. The molecule has 0 unspecified atom stereocenters. The second-order valence-electron chi connectivity index (χ2n) is 2.97. The Morgan fingerprint density at radius 1 is 1.56 bits per heavy atom. The van der Waals surface area contributed by atoms with Crippen molar-refractivity contribution in [3.8, 4) is 5.75 Å². The van der Waals surface area contributed by atoms with Gasteiger partial charge in [0.05, 0.1) is 25.3 Å². The lowest BCUT2D eigenvalue weighted by Gasteiger charge is -2.05. The molecule has 1 rings (SSSR count). The molecule has 0 aliphatic heterocycles. The molecule has 16 heavy (non-hydrogen) atoms. The largest absolute Gasteiger partial charge is 0.505 e. The Morgan fingerprint density at radius 3 is 2.94 bits per heavy atom. The van der Waals surface area contributed by atoms with Gasteiger partial charge in [0, 0.05) is 12.7 Å². The number of carbonyl (C=O) groups excluding carboxylic acids is 2. The molecule has 0 aliphatic rings. The minimum atomic E-state index is -0.455. The lowest BCUT2D eigenvalue weighted by atomic mass is 10.2. The summed E-state index contributed by atoms with van der Waals surface area (Å²) in [6.45, 7) is 0.160. The van der Waals surface area contributed by atoms with Crippen LogP contribution in [0.2, 0.25) is 0 Å². The summed E-state index contributed by atoms with van der Waals surface area (Å²) in [5.74, 6) is -1.05. The zero-order chi connectivity index (χ0) is 12.0. The molecular formula is C10H12N2O4. The highest BCUT2D eigenvalue weighted by molar-refractivity contribution is 5.96. The van der Waals surface area contributed by atoms with E-state index in [2.05, 4.69) is 15.0 Å². The van der Waals surface area contributed by atoms with E-state index >= 15 is 0 Å². The van der Waals surface area contributed by atoms with Crippen molar-refractivity contribution < 1.29 is 19.4 Å². The lowest BCUT2D eigenvalue weighted by molar-refractivity contribution is -0.140. The van der Waals surface area contributed by atoms with Gasteiger partial charge >= 0.3 is 5.97 Å². The topological polar surface area (TPSA) is 88.5 Å². The summed E-state index contributed by atoms with van der Waals surface area (Å²) in [7, 11) is 1.28. The molecule has 1 heterocycles. The molecule has 0 fully saturated rings. The summed E-state index contributed by atoms with van der Waals surface area (Å²) in [5.41, 5.74) is 0.125. The Balaban J connectivity index is 2.47. The molecule has 86 valence electrons. The number of nitrogens with one attached hydrogen (secondary N) is 1. The number of hydrogen-bond acceptors (Lipinski definition) is 5. The highest BCUT2D eigenvalue weighted by Gasteiger charge is 2.10. The Hall–Kier alpha value is -2.11. The average Bonchev–Trinajstić information content (AvgIpc) is 2.29. The first-order valence-corrected chi connectivity index (χ1v) is 4.63. The second kappa shape index (κ2) is 5.69. The molecule has 0 atom stereocenters. The third-order valence-electron chi connectivity index (χ3n) is 1.89. The molecule has 0 aliphatic carbocycles. The van der Waals surface area contributed by atoms with Crippen LogP contribution in [0.4, 0.5) is 0 Å². The maximum absolute atomic E-state index is 11.5. The minimum Gasteiger partial charge on any atom is -0.505 e. The van der Waals surface area contributed by atoms with Crippen molar-refractivity contribution in [3.05, 3.63) is 24.0 Å². The van der Waals surface area contributed by atoms with Gasteiger partial charge in [-0.15, -0.1) is 0 Å². The van der Waals surface area contributed by atoms with E-state index in [1.165, 1.54) is 25.6 Å². The fraction of sp³-hybridized carbons (Fsp3) is 0.300. The molecule has 0 spiro atoms.